The van der Waals surface area contributed by atoms with E-state index in [0.29, 0.717) is 18.2 Å². The molecule has 2 aromatic rings. The maximum atomic E-state index is 11.9. The molecule has 17 heavy (non-hydrogen) atoms. The summed E-state index contributed by atoms with van der Waals surface area (Å²) >= 11 is 0. The van der Waals surface area contributed by atoms with Gasteiger partial charge in [0, 0.05) is 19.5 Å². The van der Waals surface area contributed by atoms with E-state index in [1.54, 1.807) is 29.5 Å². The predicted octanol–water partition coefficient (Wildman–Crippen LogP) is 0.441. The van der Waals surface area contributed by atoms with Crippen LogP contribution in [-0.2, 0) is 6.42 Å². The second-order valence-electron chi connectivity index (χ2n) is 4.13. The van der Waals surface area contributed by atoms with E-state index in [0.717, 1.165) is 18.7 Å². The molecule has 0 unspecified atom stereocenters. The monoisotopic (exact) mass is 232 g/mol. The van der Waals surface area contributed by atoms with Gasteiger partial charge < -0.3 is 9.73 Å². The van der Waals surface area contributed by atoms with Gasteiger partial charge in [0.15, 0.2) is 5.78 Å². The van der Waals surface area contributed by atoms with Crippen molar-refractivity contribution in [2.45, 2.75) is 12.5 Å². The average molecular weight is 232 g/mol. The summed E-state index contributed by atoms with van der Waals surface area (Å²) in [6.45, 7) is 1.78. The number of rotatable bonds is 4. The van der Waals surface area contributed by atoms with Crippen molar-refractivity contribution < 1.29 is 9.21 Å². The number of nitrogens with one attached hydrogen (secondary N) is 1. The van der Waals surface area contributed by atoms with Gasteiger partial charge in [-0.2, -0.15) is 0 Å². The summed E-state index contributed by atoms with van der Waals surface area (Å²) in [5.74, 6) is -0.0371. The molecule has 1 aliphatic rings. The van der Waals surface area contributed by atoms with Crippen molar-refractivity contribution in [3.05, 3.63) is 36.0 Å². The Kier molecular flexibility index (Phi) is 2.49. The van der Waals surface area contributed by atoms with Gasteiger partial charge in [-0.05, 0) is 11.6 Å². The Morgan fingerprint density at radius 1 is 1.59 bits per heavy atom. The second kappa shape index (κ2) is 4.14. The lowest BCUT2D eigenvalue weighted by Crippen LogP contribution is -2.43. The molecule has 0 amide bonds. The molecule has 0 bridgehead atoms. The number of hydrogen-bond acceptors (Lipinski definition) is 5. The van der Waals surface area contributed by atoms with Crippen LogP contribution in [0.3, 0.4) is 0 Å². The van der Waals surface area contributed by atoms with Crippen LogP contribution in [0, 0.1) is 0 Å². The minimum absolute atomic E-state index is 0.0371. The number of ketones is 1. The van der Waals surface area contributed by atoms with E-state index in [1.807, 2.05) is 0 Å². The Morgan fingerprint density at radius 2 is 2.47 bits per heavy atom. The third-order valence-electron chi connectivity index (χ3n) is 2.87. The van der Waals surface area contributed by atoms with Gasteiger partial charge in [-0.1, -0.05) is 5.21 Å². The molecular weight excluding hydrogens is 220 g/mol. The number of Topliss-reactive ketones (excluding diaryl/α,β-unsaturated/α-hetero) is 1. The molecule has 6 heteroatoms. The van der Waals surface area contributed by atoms with Gasteiger partial charge in [-0.3, -0.25) is 4.79 Å². The van der Waals surface area contributed by atoms with E-state index >= 15 is 0 Å². The standard InChI is InChI=1S/C11H12N4O2/c16-11(3-8-1-2-17-7-8)10-6-15(14-13-10)9-4-12-5-9/h1-2,6-7,9,12H,3-5H2. The molecule has 88 valence electrons. The van der Waals surface area contributed by atoms with Crippen molar-refractivity contribution in [2.24, 2.45) is 0 Å². The first-order valence-corrected chi connectivity index (χ1v) is 5.50. The number of nitrogens with zero attached hydrogens (tertiary/aromatic N) is 3. The normalized spacial score (nSPS) is 15.8. The molecule has 3 rings (SSSR count). The zero-order chi connectivity index (χ0) is 11.7. The molecule has 0 saturated carbocycles. The van der Waals surface area contributed by atoms with E-state index < -0.39 is 0 Å². The molecule has 0 atom stereocenters. The van der Waals surface area contributed by atoms with Crippen LogP contribution in [0.2, 0.25) is 0 Å². The first-order valence-electron chi connectivity index (χ1n) is 5.50. The van der Waals surface area contributed by atoms with E-state index in [4.69, 9.17) is 4.42 Å². The number of hydrogen-bond donors (Lipinski definition) is 1. The van der Waals surface area contributed by atoms with Gasteiger partial charge in [-0.25, -0.2) is 4.68 Å². The molecule has 0 radical (unpaired) electrons. The summed E-state index contributed by atoms with van der Waals surface area (Å²) in [6.07, 6.45) is 5.14. The van der Waals surface area contributed by atoms with Crippen LogP contribution in [0.5, 0.6) is 0 Å². The Bertz CT molecular complexity index is 513. The first kappa shape index (κ1) is 10.2. The highest BCUT2D eigenvalue weighted by Gasteiger charge is 2.21. The summed E-state index contributed by atoms with van der Waals surface area (Å²) in [5, 5.41) is 11.0. The molecule has 1 aliphatic heterocycles. The lowest BCUT2D eigenvalue weighted by molar-refractivity contribution is 0.0988. The van der Waals surface area contributed by atoms with Gasteiger partial charge in [-0.15, -0.1) is 5.10 Å². The quantitative estimate of drug-likeness (QED) is 0.774. The van der Waals surface area contributed by atoms with Gasteiger partial charge in [0.1, 0.15) is 5.69 Å². The molecule has 1 fully saturated rings. The largest absolute Gasteiger partial charge is 0.472 e. The van der Waals surface area contributed by atoms with Gasteiger partial charge in [0.05, 0.1) is 24.8 Å². The fourth-order valence-corrected chi connectivity index (χ4v) is 1.71. The Hall–Kier alpha value is -1.95. The topological polar surface area (TPSA) is 73.0 Å². The molecule has 6 nitrogen and oxygen atoms in total. The Labute approximate surface area is 97.6 Å². The number of aromatic nitrogens is 3. The average Bonchev–Trinajstić information content (AvgIpc) is 2.85. The van der Waals surface area contributed by atoms with Crippen molar-refractivity contribution >= 4 is 5.78 Å². The van der Waals surface area contributed by atoms with Gasteiger partial charge in [0.25, 0.3) is 0 Å². The number of furan rings is 1. The van der Waals surface area contributed by atoms with Crippen molar-refractivity contribution in [3.8, 4) is 0 Å². The zero-order valence-electron chi connectivity index (χ0n) is 9.17. The second-order valence-corrected chi connectivity index (χ2v) is 4.13. The van der Waals surface area contributed by atoms with Gasteiger partial charge in [0.2, 0.25) is 0 Å². The lowest BCUT2D eigenvalue weighted by Gasteiger charge is -2.26. The summed E-state index contributed by atoms with van der Waals surface area (Å²) in [4.78, 5) is 11.9. The van der Waals surface area contributed by atoms with Crippen LogP contribution in [0.1, 0.15) is 22.1 Å². The molecule has 3 heterocycles. The summed E-state index contributed by atoms with van der Waals surface area (Å²) in [7, 11) is 0. The number of carbonyl (C=O) groups excluding carboxylic acids is 1. The fraction of sp³-hybridized carbons (Fsp3) is 0.364. The zero-order valence-corrected chi connectivity index (χ0v) is 9.17. The molecule has 1 N–H and O–H groups in total. The molecule has 0 aromatic carbocycles. The molecular formula is C11H12N4O2. The van der Waals surface area contributed by atoms with E-state index in [2.05, 4.69) is 15.6 Å². The van der Waals surface area contributed by atoms with Crippen molar-refractivity contribution in [1.29, 1.82) is 0 Å². The number of carbonyl (C=O) groups is 1. The minimum atomic E-state index is -0.0371. The summed E-state index contributed by atoms with van der Waals surface area (Å²) in [6, 6.07) is 2.11. The highest BCUT2D eigenvalue weighted by molar-refractivity contribution is 5.95. The molecule has 1 saturated heterocycles. The van der Waals surface area contributed by atoms with Gasteiger partial charge >= 0.3 is 0 Å². The summed E-state index contributed by atoms with van der Waals surface area (Å²) in [5.41, 5.74) is 1.27. The lowest BCUT2D eigenvalue weighted by atomic mass is 10.1. The third kappa shape index (κ3) is 1.99. The highest BCUT2D eigenvalue weighted by Crippen LogP contribution is 2.11. The van der Waals surface area contributed by atoms with E-state index in [1.165, 1.54) is 0 Å². The van der Waals surface area contributed by atoms with E-state index in [-0.39, 0.29) is 5.78 Å². The Balaban J connectivity index is 1.70. The first-order chi connectivity index (χ1) is 8.33. The summed E-state index contributed by atoms with van der Waals surface area (Å²) < 4.78 is 6.67. The predicted molar refractivity (Wildman–Crippen MR) is 58.7 cm³/mol. The van der Waals surface area contributed by atoms with Crippen LogP contribution in [0.4, 0.5) is 0 Å². The SMILES string of the molecule is O=C(Cc1ccoc1)c1cn(C2CNC2)nn1. The minimum Gasteiger partial charge on any atom is -0.472 e. The Morgan fingerprint density at radius 3 is 3.12 bits per heavy atom. The molecule has 0 aliphatic carbocycles. The smallest absolute Gasteiger partial charge is 0.189 e. The van der Waals surface area contributed by atoms with Crippen molar-refractivity contribution in [2.75, 3.05) is 13.1 Å². The third-order valence-corrected chi connectivity index (χ3v) is 2.87. The van der Waals surface area contributed by atoms with Crippen molar-refractivity contribution in [3.63, 3.8) is 0 Å². The maximum absolute atomic E-state index is 11.9. The maximum Gasteiger partial charge on any atom is 0.189 e. The van der Waals surface area contributed by atoms with Crippen LogP contribution < -0.4 is 5.32 Å². The van der Waals surface area contributed by atoms with Crippen molar-refractivity contribution in [1.82, 2.24) is 20.3 Å². The van der Waals surface area contributed by atoms with Crippen LogP contribution in [0.25, 0.3) is 0 Å². The van der Waals surface area contributed by atoms with Crippen LogP contribution >= 0.6 is 0 Å². The fourth-order valence-electron chi connectivity index (χ4n) is 1.71. The molecule has 0 spiro atoms. The molecule has 2 aromatic heterocycles. The highest BCUT2D eigenvalue weighted by atomic mass is 16.3. The van der Waals surface area contributed by atoms with Crippen LogP contribution in [0.15, 0.2) is 29.2 Å². The van der Waals surface area contributed by atoms with E-state index in [9.17, 15) is 4.79 Å². The van der Waals surface area contributed by atoms with Crippen LogP contribution in [-0.4, -0.2) is 33.9 Å².